The van der Waals surface area contributed by atoms with Crippen LogP contribution in [0.2, 0.25) is 0 Å². The maximum atomic E-state index is 12.6. The van der Waals surface area contributed by atoms with Crippen LogP contribution in [0.4, 0.5) is 52.7 Å². The fraction of sp³-hybridized carbons (Fsp3) is 0.556. The summed E-state index contributed by atoms with van der Waals surface area (Å²) in [7, 11) is -23.7. The minimum absolute atomic E-state index is 0.573. The van der Waals surface area contributed by atoms with Crippen molar-refractivity contribution in [1.29, 1.82) is 0 Å². The Balaban J connectivity index is 0.00000135. The first-order valence-electron chi connectivity index (χ1n) is 6.88. The van der Waals surface area contributed by atoms with Gasteiger partial charge in [-0.3, -0.25) is 0 Å². The molecule has 0 aliphatic carbocycles. The molecule has 0 N–H and O–H groups in total. The number of halogens is 12. The summed E-state index contributed by atoms with van der Waals surface area (Å²) in [5, 5.41) is 0. The molecular weight excluding hydrogens is 619 g/mol. The largest absolute Gasteiger partial charge is 0.416 e. The molecule has 0 aromatic rings. The summed E-state index contributed by atoms with van der Waals surface area (Å²) in [4.78, 5) is -2.35. The van der Waals surface area contributed by atoms with E-state index in [1.54, 1.807) is 0 Å². The fourth-order valence-corrected chi connectivity index (χ4v) is 8.36. The first kappa shape index (κ1) is 33.0. The number of alkyl halides is 12. The molecule has 0 aromatic heterocycles. The molecule has 34 heavy (non-hydrogen) atoms. The van der Waals surface area contributed by atoms with E-state index in [0.29, 0.717) is 0 Å². The van der Waals surface area contributed by atoms with E-state index < -0.39 is 102 Å². The molecule has 1 aliphatic rings. The predicted molar refractivity (Wildman–Crippen MR) is 85.4 cm³/mol. The molecule has 0 aromatic carbocycles. The summed E-state index contributed by atoms with van der Waals surface area (Å²) in [6.07, 6.45) is -1.21. The third-order valence-electron chi connectivity index (χ3n) is 3.04. The fourth-order valence-electron chi connectivity index (χ4n) is 1.54. The number of sulfone groups is 3. The Hall–Kier alpha value is -1.03. The summed E-state index contributed by atoms with van der Waals surface area (Å²) >= 11 is -3.00. The Bertz CT molecular complexity index is 1240. The van der Waals surface area contributed by atoms with Gasteiger partial charge in [0.15, 0.2) is 0 Å². The zero-order valence-corrected chi connectivity index (χ0v) is 19.2. The molecule has 1 rings (SSSR count). The summed E-state index contributed by atoms with van der Waals surface area (Å²) < 4.78 is 225. The van der Waals surface area contributed by atoms with E-state index in [-0.39, 0.29) is 0 Å². The standard InChI is InChI=1S/C8H3F9O6S3.CF3O2S.Al/c9-6(10,11)24(18,19)3-1-5(26(22,23)8(15,16)17)2-4-25(20,21)7(12,13)14;2-1(3,4)7(5)6;/h1-3H;;/q;-1;+1. The van der Waals surface area contributed by atoms with E-state index in [1.165, 1.54) is 0 Å². The topological polar surface area (TPSA) is 137 Å². The van der Waals surface area contributed by atoms with Crippen LogP contribution in [0.15, 0.2) is 20.8 Å². The van der Waals surface area contributed by atoms with E-state index in [1.807, 2.05) is 0 Å². The van der Waals surface area contributed by atoms with Crippen LogP contribution in [-0.2, 0) is 48.6 Å². The minimum atomic E-state index is -6.64. The van der Waals surface area contributed by atoms with Gasteiger partial charge in [0.1, 0.15) is 0 Å². The average molecular weight is 622 g/mol. The van der Waals surface area contributed by atoms with Crippen LogP contribution in [0.3, 0.4) is 0 Å². The molecule has 198 valence electrons. The number of hydrogen-bond donors (Lipinski definition) is 0. The molecule has 0 fully saturated rings. The zero-order chi connectivity index (χ0) is 27.9. The van der Waals surface area contributed by atoms with E-state index in [9.17, 15) is 77.9 Å². The molecule has 0 saturated heterocycles. The summed E-state index contributed by atoms with van der Waals surface area (Å²) in [6, 6.07) is 0. The van der Waals surface area contributed by atoms with Gasteiger partial charge < -0.3 is 8.42 Å². The number of rotatable bonds is 3. The van der Waals surface area contributed by atoms with Gasteiger partial charge in [-0.1, -0.05) is 0 Å². The first-order valence-corrected chi connectivity index (χ1v) is 13.7. The molecule has 25 heteroatoms. The smallest absolute Gasteiger partial charge is 0.373 e. The molecule has 0 radical (unpaired) electrons. The molecule has 0 saturated carbocycles. The van der Waals surface area contributed by atoms with Crippen LogP contribution >= 0.6 is 0 Å². The molecule has 8 nitrogen and oxygen atoms in total. The van der Waals surface area contributed by atoms with E-state index >= 15 is 0 Å². The van der Waals surface area contributed by atoms with Gasteiger partial charge >= 0.3 is 156 Å². The van der Waals surface area contributed by atoms with Gasteiger partial charge in [-0.25, -0.2) is 0 Å². The van der Waals surface area contributed by atoms with Gasteiger partial charge in [-0.15, -0.1) is 0 Å². The van der Waals surface area contributed by atoms with Crippen molar-refractivity contribution in [2.24, 2.45) is 0 Å². The number of allylic oxidation sites excluding steroid dienone is 1. The second-order valence-electron chi connectivity index (χ2n) is 5.32. The monoisotopic (exact) mass is 622 g/mol. The van der Waals surface area contributed by atoms with Crippen LogP contribution in [-0.4, -0.2) is 66.6 Å². The summed E-state index contributed by atoms with van der Waals surface area (Å²) in [5.74, 6) is 0. The Morgan fingerprint density at radius 2 is 1.03 bits per heavy atom. The SMILES string of the molecule is O=S(=O)(C1=C[CH](S(=O)(=O)C(F)(F)F)[Al+][C](S(=O)(=O)C(F)(F)F)=C1)C(F)(F)F.O=[S-](=O)C(F)(F)F. The minimum Gasteiger partial charge on any atom is -0.416 e. The third-order valence-corrected chi connectivity index (χ3v) is 11.6. The van der Waals surface area contributed by atoms with Gasteiger partial charge in [0.05, 0.1) is 0 Å². The van der Waals surface area contributed by atoms with E-state index in [0.717, 1.165) is 0 Å². The Kier molecular flexibility index (Phi) is 9.49. The van der Waals surface area contributed by atoms with Crippen LogP contribution in [0.25, 0.3) is 0 Å². The molecular formula is C9H3AlF12O8S4. The average Bonchev–Trinajstić information content (AvgIpc) is 2.58. The normalized spacial score (nSPS) is 18.7. The van der Waals surface area contributed by atoms with Crippen molar-refractivity contribution in [1.82, 2.24) is 0 Å². The van der Waals surface area contributed by atoms with Gasteiger partial charge in [0.25, 0.3) is 0 Å². The Labute approximate surface area is 188 Å². The van der Waals surface area contributed by atoms with Crippen LogP contribution in [0, 0.1) is 0 Å². The summed E-state index contributed by atoms with van der Waals surface area (Å²) in [6.45, 7) is 0. The van der Waals surface area contributed by atoms with Crippen molar-refractivity contribution in [3.63, 3.8) is 0 Å². The second-order valence-corrected chi connectivity index (χ2v) is 14.8. The van der Waals surface area contributed by atoms with Crippen molar-refractivity contribution >= 4 is 55.4 Å². The van der Waals surface area contributed by atoms with Crippen molar-refractivity contribution < 1.29 is 86.4 Å². The van der Waals surface area contributed by atoms with Crippen LogP contribution in [0.1, 0.15) is 0 Å². The molecule has 0 amide bonds. The van der Waals surface area contributed by atoms with Crippen molar-refractivity contribution in [3.05, 3.63) is 20.8 Å². The summed E-state index contributed by atoms with van der Waals surface area (Å²) in [5.41, 5.74) is -23.7. The number of hydrogen-bond acceptors (Lipinski definition) is 9. The van der Waals surface area contributed by atoms with Crippen LogP contribution in [0.5, 0.6) is 0 Å². The third kappa shape index (κ3) is 7.24. The van der Waals surface area contributed by atoms with Crippen molar-refractivity contribution in [2.45, 2.75) is 26.1 Å². The first-order chi connectivity index (χ1) is 14.5. The van der Waals surface area contributed by atoms with Gasteiger partial charge in [-0.05, 0) is 0 Å². The quantitative estimate of drug-likeness (QED) is 0.266. The maximum absolute atomic E-state index is 12.6. The van der Waals surface area contributed by atoms with E-state index in [2.05, 4.69) is 0 Å². The van der Waals surface area contributed by atoms with E-state index in [4.69, 9.17) is 8.42 Å². The van der Waals surface area contributed by atoms with Gasteiger partial charge in [0, 0.05) is 10.7 Å². The molecule has 0 bridgehead atoms. The molecule has 1 atom stereocenters. The van der Waals surface area contributed by atoms with Gasteiger partial charge in [-0.2, -0.15) is 13.2 Å². The molecule has 1 unspecified atom stereocenters. The maximum Gasteiger partial charge on any atom is 0.373 e. The second kappa shape index (κ2) is 9.79. The molecule has 1 heterocycles. The zero-order valence-electron chi connectivity index (χ0n) is 14.7. The van der Waals surface area contributed by atoms with Crippen molar-refractivity contribution in [3.8, 4) is 0 Å². The molecule has 1 aliphatic heterocycles. The predicted octanol–water partition coefficient (Wildman–Crippen LogP) is 2.37. The van der Waals surface area contributed by atoms with Gasteiger partial charge in [0.2, 0.25) is 0 Å². The van der Waals surface area contributed by atoms with Crippen molar-refractivity contribution in [2.75, 3.05) is 0 Å². The Morgan fingerprint density at radius 3 is 1.29 bits per heavy atom. The molecule has 0 spiro atoms. The van der Waals surface area contributed by atoms with Crippen LogP contribution < -0.4 is 0 Å². The Morgan fingerprint density at radius 1 is 0.676 bits per heavy atom.